The van der Waals surface area contributed by atoms with Gasteiger partial charge in [0.05, 0.1) is 12.2 Å². The van der Waals surface area contributed by atoms with Crippen molar-refractivity contribution in [1.29, 1.82) is 0 Å². The average molecular weight is 380 g/mol. The summed E-state index contributed by atoms with van der Waals surface area (Å²) in [6.45, 7) is 7.66. The molecule has 0 bridgehead atoms. The number of nitrogens with one attached hydrogen (secondary N) is 1. The van der Waals surface area contributed by atoms with Crippen molar-refractivity contribution in [1.82, 2.24) is 10.3 Å². The van der Waals surface area contributed by atoms with Gasteiger partial charge in [0.15, 0.2) is 5.96 Å². The summed E-state index contributed by atoms with van der Waals surface area (Å²) in [4.78, 5) is 13.7. The van der Waals surface area contributed by atoms with Crippen LogP contribution in [0.15, 0.2) is 47.6 Å². The Balaban J connectivity index is 1.38. The quantitative estimate of drug-likeness (QED) is 0.657. The molecule has 1 fully saturated rings. The van der Waals surface area contributed by atoms with Crippen LogP contribution in [0, 0.1) is 0 Å². The van der Waals surface area contributed by atoms with Crippen LogP contribution in [0.25, 0.3) is 0 Å². The summed E-state index contributed by atoms with van der Waals surface area (Å²) in [5.74, 6) is 1.92. The Bertz CT molecular complexity index is 825. The number of ether oxygens (including phenoxy) is 1. The molecule has 2 aromatic rings. The van der Waals surface area contributed by atoms with Gasteiger partial charge in [-0.05, 0) is 43.5 Å². The minimum Gasteiger partial charge on any atom is -0.372 e. The first-order chi connectivity index (χ1) is 13.6. The van der Waals surface area contributed by atoms with Gasteiger partial charge in [-0.1, -0.05) is 24.3 Å². The summed E-state index contributed by atoms with van der Waals surface area (Å²) in [6.07, 6.45) is 3.49. The van der Waals surface area contributed by atoms with E-state index in [1.54, 1.807) is 0 Å². The van der Waals surface area contributed by atoms with Crippen LogP contribution in [-0.2, 0) is 17.7 Å². The average Bonchev–Trinajstić information content (AvgIpc) is 3.12. The highest BCUT2D eigenvalue weighted by Crippen LogP contribution is 2.27. The number of guanidine groups is 1. The third-order valence-corrected chi connectivity index (χ3v) is 5.36. The Hall–Kier alpha value is -2.60. The topological polar surface area (TPSA) is 53.0 Å². The largest absolute Gasteiger partial charge is 0.372 e. The van der Waals surface area contributed by atoms with E-state index in [9.17, 15) is 0 Å². The number of benzene rings is 1. The van der Waals surface area contributed by atoms with Gasteiger partial charge in [0.2, 0.25) is 0 Å². The molecule has 2 unspecified atom stereocenters. The van der Waals surface area contributed by atoms with Crippen molar-refractivity contribution < 1.29 is 4.74 Å². The van der Waals surface area contributed by atoms with Crippen LogP contribution in [-0.4, -0.2) is 49.8 Å². The predicted molar refractivity (Wildman–Crippen MR) is 114 cm³/mol. The third kappa shape index (κ3) is 3.97. The van der Waals surface area contributed by atoms with Crippen molar-refractivity contribution in [3.63, 3.8) is 0 Å². The maximum atomic E-state index is 5.82. The molecule has 0 spiro atoms. The minimum absolute atomic E-state index is 0.235. The molecular formula is C22H29N5O. The van der Waals surface area contributed by atoms with Gasteiger partial charge in [0.1, 0.15) is 5.82 Å². The Kier molecular flexibility index (Phi) is 5.48. The molecular weight excluding hydrogens is 350 g/mol. The highest BCUT2D eigenvalue weighted by molar-refractivity contribution is 5.97. The Morgan fingerprint density at radius 1 is 1.18 bits per heavy atom. The highest BCUT2D eigenvalue weighted by Gasteiger charge is 2.24. The number of morpholine rings is 1. The third-order valence-electron chi connectivity index (χ3n) is 5.36. The van der Waals surface area contributed by atoms with Crippen molar-refractivity contribution in [3.05, 3.63) is 53.7 Å². The van der Waals surface area contributed by atoms with Crippen molar-refractivity contribution >= 4 is 17.5 Å². The summed E-state index contributed by atoms with van der Waals surface area (Å²) in [6, 6.07) is 12.8. The summed E-state index contributed by atoms with van der Waals surface area (Å²) in [7, 11) is 1.84. The summed E-state index contributed by atoms with van der Waals surface area (Å²) >= 11 is 0. The molecule has 1 saturated heterocycles. The summed E-state index contributed by atoms with van der Waals surface area (Å²) in [5, 5.41) is 3.48. The minimum atomic E-state index is 0.235. The molecule has 6 nitrogen and oxygen atoms in total. The van der Waals surface area contributed by atoms with E-state index in [4.69, 9.17) is 4.74 Å². The second-order valence-electron chi connectivity index (χ2n) is 7.62. The zero-order chi connectivity index (χ0) is 19.5. The van der Waals surface area contributed by atoms with E-state index in [0.29, 0.717) is 6.54 Å². The predicted octanol–water partition coefficient (Wildman–Crippen LogP) is 2.83. The molecule has 0 aliphatic carbocycles. The number of anilines is 2. The van der Waals surface area contributed by atoms with Crippen LogP contribution < -0.4 is 15.1 Å². The van der Waals surface area contributed by atoms with E-state index in [1.165, 1.54) is 11.3 Å². The molecule has 0 radical (unpaired) electrons. The number of aromatic nitrogens is 1. The van der Waals surface area contributed by atoms with Crippen molar-refractivity contribution in [2.24, 2.45) is 4.99 Å². The lowest BCUT2D eigenvalue weighted by atomic mass is 10.2. The smallest absolute Gasteiger partial charge is 0.198 e. The normalized spacial score (nSPS) is 22.3. The van der Waals surface area contributed by atoms with Crippen LogP contribution >= 0.6 is 0 Å². The van der Waals surface area contributed by atoms with Crippen molar-refractivity contribution in [3.8, 4) is 0 Å². The van der Waals surface area contributed by atoms with Crippen LogP contribution in [0.4, 0.5) is 11.5 Å². The maximum absolute atomic E-state index is 5.82. The first kappa shape index (κ1) is 18.7. The second kappa shape index (κ2) is 8.19. The molecule has 6 heteroatoms. The molecule has 4 rings (SSSR count). The molecule has 0 saturated carbocycles. The number of para-hydroxylation sites is 1. The highest BCUT2D eigenvalue weighted by atomic mass is 16.5. The molecule has 1 aromatic carbocycles. The van der Waals surface area contributed by atoms with Gasteiger partial charge < -0.3 is 19.9 Å². The van der Waals surface area contributed by atoms with Gasteiger partial charge >= 0.3 is 0 Å². The molecule has 0 amide bonds. The van der Waals surface area contributed by atoms with E-state index < -0.39 is 0 Å². The second-order valence-corrected chi connectivity index (χ2v) is 7.62. The summed E-state index contributed by atoms with van der Waals surface area (Å²) in [5.41, 5.74) is 3.77. The zero-order valence-corrected chi connectivity index (χ0v) is 16.9. The SMILES string of the molecule is CN=C(NCc1ccc(N2CC(C)OC(C)C2)nc1)N1CCc2ccccc21. The van der Waals surface area contributed by atoms with Gasteiger partial charge in [-0.15, -0.1) is 0 Å². The van der Waals surface area contributed by atoms with Crippen LogP contribution in [0.3, 0.4) is 0 Å². The van der Waals surface area contributed by atoms with Crippen LogP contribution in [0.1, 0.15) is 25.0 Å². The van der Waals surface area contributed by atoms with Crippen LogP contribution in [0.5, 0.6) is 0 Å². The molecule has 2 aliphatic heterocycles. The Labute approximate surface area is 167 Å². The molecule has 2 atom stereocenters. The number of pyridine rings is 1. The molecule has 3 heterocycles. The molecule has 1 aromatic heterocycles. The fourth-order valence-corrected chi connectivity index (χ4v) is 4.11. The van der Waals surface area contributed by atoms with Crippen molar-refractivity contribution in [2.75, 3.05) is 36.5 Å². The Morgan fingerprint density at radius 2 is 1.96 bits per heavy atom. The number of nitrogens with zero attached hydrogens (tertiary/aromatic N) is 4. The number of rotatable bonds is 3. The number of fused-ring (bicyclic) bond motifs is 1. The fourth-order valence-electron chi connectivity index (χ4n) is 4.11. The molecule has 2 aliphatic rings. The lowest BCUT2D eigenvalue weighted by Gasteiger charge is -2.36. The van der Waals surface area contributed by atoms with Crippen molar-refractivity contribution in [2.45, 2.75) is 39.0 Å². The fraction of sp³-hybridized carbons (Fsp3) is 0.455. The number of hydrogen-bond donors (Lipinski definition) is 1. The van der Waals surface area contributed by atoms with Gasteiger partial charge in [-0.25, -0.2) is 4.98 Å². The molecule has 28 heavy (non-hydrogen) atoms. The monoisotopic (exact) mass is 379 g/mol. The zero-order valence-electron chi connectivity index (χ0n) is 16.9. The number of aliphatic imine (C=N–C) groups is 1. The van der Waals surface area contributed by atoms with Gasteiger partial charge in [0, 0.05) is 45.1 Å². The first-order valence-corrected chi connectivity index (χ1v) is 10.1. The van der Waals surface area contributed by atoms with Gasteiger partial charge in [-0.3, -0.25) is 4.99 Å². The van der Waals surface area contributed by atoms with E-state index in [1.807, 2.05) is 13.2 Å². The van der Waals surface area contributed by atoms with E-state index in [2.05, 4.69) is 75.3 Å². The molecule has 148 valence electrons. The molecule has 1 N–H and O–H groups in total. The van der Waals surface area contributed by atoms with Gasteiger partial charge in [-0.2, -0.15) is 0 Å². The van der Waals surface area contributed by atoms with E-state index >= 15 is 0 Å². The van der Waals surface area contributed by atoms with E-state index in [0.717, 1.165) is 43.4 Å². The maximum Gasteiger partial charge on any atom is 0.198 e. The van der Waals surface area contributed by atoms with Gasteiger partial charge in [0.25, 0.3) is 0 Å². The lowest BCUT2D eigenvalue weighted by Crippen LogP contribution is -2.45. The van der Waals surface area contributed by atoms with Crippen LogP contribution in [0.2, 0.25) is 0 Å². The standard InChI is InChI=1S/C22H29N5O/c1-16-14-26(15-17(2)28-16)21-9-8-18(12-24-21)13-25-22(23-3)27-11-10-19-6-4-5-7-20(19)27/h4-9,12,16-17H,10-11,13-15H2,1-3H3,(H,23,25). The lowest BCUT2D eigenvalue weighted by molar-refractivity contribution is -0.00545. The Morgan fingerprint density at radius 3 is 2.68 bits per heavy atom. The van der Waals surface area contributed by atoms with E-state index in [-0.39, 0.29) is 12.2 Å². The summed E-state index contributed by atoms with van der Waals surface area (Å²) < 4.78 is 5.82. The number of hydrogen-bond acceptors (Lipinski definition) is 4. The first-order valence-electron chi connectivity index (χ1n) is 10.1.